The van der Waals surface area contributed by atoms with Crippen molar-refractivity contribution >= 4 is 39.0 Å². The van der Waals surface area contributed by atoms with Gasteiger partial charge < -0.3 is 9.32 Å². The van der Waals surface area contributed by atoms with Gasteiger partial charge >= 0.3 is 0 Å². The lowest BCUT2D eigenvalue weighted by Crippen LogP contribution is -2.55. The van der Waals surface area contributed by atoms with Crippen molar-refractivity contribution in [3.8, 4) is 50.6 Å². The maximum absolute atomic E-state index is 11.1. The van der Waals surface area contributed by atoms with E-state index in [1.165, 1.54) is 76.6 Å². The van der Waals surface area contributed by atoms with Gasteiger partial charge in [-0.25, -0.2) is 0 Å². The molecule has 8 aromatic carbocycles. The smallest absolute Gasteiger partial charge is 0.143 e. The van der Waals surface area contributed by atoms with E-state index in [4.69, 9.17) is 4.42 Å². The molecule has 4 bridgehead atoms. The topological polar surface area (TPSA) is 40.2 Å². The van der Waals surface area contributed by atoms with Crippen LogP contribution in [0.15, 0.2) is 186 Å². The number of nitrogens with zero attached hydrogens (tertiary/aromatic N) is 2. The molecule has 0 unspecified atom stereocenters. The monoisotopic (exact) mass is 796 g/mol. The molecular weight excluding hydrogens is 753 g/mol. The Morgan fingerprint density at radius 2 is 1.06 bits per heavy atom. The minimum absolute atomic E-state index is 0.0642. The third kappa shape index (κ3) is 5.17. The minimum atomic E-state index is -0.0642. The van der Waals surface area contributed by atoms with Gasteiger partial charge in [-0.1, -0.05) is 133 Å². The molecule has 1 heterocycles. The Morgan fingerprint density at radius 1 is 0.500 bits per heavy atom. The molecule has 3 heteroatoms. The summed E-state index contributed by atoms with van der Waals surface area (Å²) in [7, 11) is 0. The highest BCUT2D eigenvalue weighted by Gasteiger charge is 2.62. The summed E-state index contributed by atoms with van der Waals surface area (Å²) in [5.74, 6) is 2.89. The van der Waals surface area contributed by atoms with E-state index in [-0.39, 0.29) is 5.41 Å². The first-order chi connectivity index (χ1) is 30.7. The predicted molar refractivity (Wildman–Crippen MR) is 253 cm³/mol. The lowest BCUT2D eigenvalue weighted by molar-refractivity contribution is -0.0400. The SMILES string of the molecule is N#Cc1cc(-c2cccc3c2oc2cccc(N(c4ccc(-c5ccccc5)cc4)c4ccc(-c5ccccc5)cc4)c23)cc2c1C1(c3ccccc3-2)C2CC3CC(C2)CC1C3. The number of furan rings is 1. The van der Waals surface area contributed by atoms with Gasteiger partial charge in [-0.15, -0.1) is 0 Å². The van der Waals surface area contributed by atoms with Gasteiger partial charge in [0.25, 0.3) is 0 Å². The third-order valence-electron chi connectivity index (χ3n) is 15.3. The van der Waals surface area contributed by atoms with E-state index in [1.54, 1.807) is 0 Å². The summed E-state index contributed by atoms with van der Waals surface area (Å²) < 4.78 is 6.99. The number of nitriles is 1. The quantitative estimate of drug-likeness (QED) is 0.168. The fourth-order valence-corrected chi connectivity index (χ4v) is 13.1. The normalized spacial score (nSPS) is 21.6. The van der Waals surface area contributed by atoms with Crippen LogP contribution in [0, 0.1) is 35.0 Å². The highest BCUT2D eigenvalue weighted by atomic mass is 16.3. The standard InChI is InChI=1S/C59H44N2O/c60-36-44-34-43(35-52-50-15-7-8-18-53(50)59(57(44)52)45-30-37-29-38(32-45)33-46(59)31-37)49-16-9-17-51-56-54(19-10-20-55(56)62-58(49)51)61(47-25-21-41(22-26-47)39-11-3-1-4-12-39)48-27-23-42(24-28-48)40-13-5-2-6-14-40/h1-28,34-35,37-38,45-46H,29-33H2. The van der Waals surface area contributed by atoms with Gasteiger partial charge in [-0.05, 0) is 154 Å². The van der Waals surface area contributed by atoms with E-state index in [2.05, 4.69) is 193 Å². The summed E-state index contributed by atoms with van der Waals surface area (Å²) in [5, 5.41) is 13.2. The Kier molecular flexibility index (Phi) is 7.85. The molecule has 5 aliphatic rings. The summed E-state index contributed by atoms with van der Waals surface area (Å²) in [6.45, 7) is 0. The molecule has 296 valence electrons. The predicted octanol–water partition coefficient (Wildman–Crippen LogP) is 15.7. The van der Waals surface area contributed by atoms with Crippen LogP contribution in [0.1, 0.15) is 48.8 Å². The Balaban J connectivity index is 0.978. The van der Waals surface area contributed by atoms with Gasteiger partial charge in [0.15, 0.2) is 0 Å². The van der Waals surface area contributed by atoms with Crippen molar-refractivity contribution in [2.24, 2.45) is 23.7 Å². The number of fused-ring (bicyclic) bond motifs is 6. The molecule has 3 nitrogen and oxygen atoms in total. The zero-order valence-electron chi connectivity index (χ0n) is 34.5. The average Bonchev–Trinajstić information content (AvgIpc) is 3.86. The maximum atomic E-state index is 11.1. The number of benzene rings is 8. The summed E-state index contributed by atoms with van der Waals surface area (Å²) in [6.07, 6.45) is 6.57. The average molecular weight is 797 g/mol. The molecule has 0 saturated heterocycles. The molecule has 1 aromatic heterocycles. The highest BCUT2D eigenvalue weighted by molar-refractivity contribution is 6.16. The molecule has 9 aromatic rings. The van der Waals surface area contributed by atoms with Gasteiger partial charge in [0.1, 0.15) is 11.2 Å². The van der Waals surface area contributed by atoms with E-state index < -0.39 is 0 Å². The second kappa shape index (κ2) is 13.7. The molecule has 4 fully saturated rings. The number of hydrogen-bond acceptors (Lipinski definition) is 3. The molecule has 4 saturated carbocycles. The van der Waals surface area contributed by atoms with E-state index in [1.807, 2.05) is 0 Å². The molecule has 0 amide bonds. The van der Waals surface area contributed by atoms with E-state index in [9.17, 15) is 5.26 Å². The van der Waals surface area contributed by atoms with Crippen molar-refractivity contribution in [3.63, 3.8) is 0 Å². The Hall–Kier alpha value is -7.15. The van der Waals surface area contributed by atoms with E-state index >= 15 is 0 Å². The van der Waals surface area contributed by atoms with Crippen LogP contribution in [0.4, 0.5) is 17.1 Å². The lowest BCUT2D eigenvalue weighted by Gasteiger charge is -2.61. The zero-order chi connectivity index (χ0) is 40.9. The number of anilines is 3. The van der Waals surface area contributed by atoms with Gasteiger partial charge in [-0.2, -0.15) is 5.26 Å². The zero-order valence-corrected chi connectivity index (χ0v) is 34.5. The van der Waals surface area contributed by atoms with Crippen LogP contribution in [-0.4, -0.2) is 0 Å². The summed E-state index contributed by atoms with van der Waals surface area (Å²) in [5.41, 5.74) is 17.7. The third-order valence-corrected chi connectivity index (χ3v) is 15.3. The lowest BCUT2D eigenvalue weighted by atomic mass is 9.43. The molecule has 0 N–H and O–H groups in total. The van der Waals surface area contributed by atoms with Gasteiger partial charge in [-0.3, -0.25) is 0 Å². The van der Waals surface area contributed by atoms with Crippen LogP contribution in [0.3, 0.4) is 0 Å². The maximum Gasteiger partial charge on any atom is 0.143 e. The first-order valence-electron chi connectivity index (χ1n) is 22.4. The molecule has 0 radical (unpaired) electrons. The van der Waals surface area contributed by atoms with E-state index in [0.29, 0.717) is 11.8 Å². The molecule has 62 heavy (non-hydrogen) atoms. The van der Waals surface area contributed by atoms with E-state index in [0.717, 1.165) is 67.5 Å². The van der Waals surface area contributed by atoms with Crippen LogP contribution in [0.25, 0.3) is 66.4 Å². The summed E-state index contributed by atoms with van der Waals surface area (Å²) in [6, 6.07) is 68.3. The van der Waals surface area contributed by atoms with Gasteiger partial charge in [0, 0.05) is 27.7 Å². The second-order valence-corrected chi connectivity index (χ2v) is 18.4. The largest absolute Gasteiger partial charge is 0.455 e. The Morgan fingerprint density at radius 3 is 1.69 bits per heavy atom. The molecule has 0 aliphatic heterocycles. The summed E-state index contributed by atoms with van der Waals surface area (Å²) in [4.78, 5) is 2.36. The Labute approximate surface area is 362 Å². The number of hydrogen-bond donors (Lipinski definition) is 0. The van der Waals surface area contributed by atoms with Crippen LogP contribution >= 0.6 is 0 Å². The second-order valence-electron chi connectivity index (χ2n) is 18.4. The van der Waals surface area contributed by atoms with Crippen molar-refractivity contribution in [2.45, 2.75) is 37.5 Å². The molecular formula is C59H44N2O. The first kappa shape index (κ1) is 35.6. The van der Waals surface area contributed by atoms with Crippen molar-refractivity contribution in [1.29, 1.82) is 5.26 Å². The van der Waals surface area contributed by atoms with Crippen molar-refractivity contribution in [2.75, 3.05) is 4.90 Å². The molecule has 1 spiro atoms. The number of para-hydroxylation sites is 1. The Bertz CT molecular complexity index is 3130. The fraction of sp³-hybridized carbons (Fsp3) is 0.169. The summed E-state index contributed by atoms with van der Waals surface area (Å²) >= 11 is 0. The first-order valence-corrected chi connectivity index (χ1v) is 22.4. The van der Waals surface area contributed by atoms with Gasteiger partial charge in [0.2, 0.25) is 0 Å². The number of rotatable bonds is 6. The fourth-order valence-electron chi connectivity index (χ4n) is 13.1. The van der Waals surface area contributed by atoms with Crippen molar-refractivity contribution < 1.29 is 4.42 Å². The van der Waals surface area contributed by atoms with Crippen LogP contribution < -0.4 is 4.90 Å². The molecule has 5 aliphatic carbocycles. The highest BCUT2D eigenvalue weighted by Crippen LogP contribution is 2.70. The molecule has 14 rings (SSSR count). The van der Waals surface area contributed by atoms with Crippen LogP contribution in [0.2, 0.25) is 0 Å². The van der Waals surface area contributed by atoms with Crippen LogP contribution in [0.5, 0.6) is 0 Å². The molecule has 0 atom stereocenters. The van der Waals surface area contributed by atoms with Crippen LogP contribution in [-0.2, 0) is 5.41 Å². The van der Waals surface area contributed by atoms with Gasteiger partial charge in [0.05, 0.1) is 22.7 Å². The minimum Gasteiger partial charge on any atom is -0.455 e. The van der Waals surface area contributed by atoms with Crippen molar-refractivity contribution in [3.05, 3.63) is 199 Å². The van der Waals surface area contributed by atoms with Crippen molar-refractivity contribution in [1.82, 2.24) is 0 Å².